The molecule has 0 saturated heterocycles. The summed E-state index contributed by atoms with van der Waals surface area (Å²) in [6.07, 6.45) is 2.02. The van der Waals surface area contributed by atoms with Gasteiger partial charge in [-0.15, -0.1) is 0 Å². The van der Waals surface area contributed by atoms with Crippen LogP contribution in [0.2, 0.25) is 0 Å². The minimum absolute atomic E-state index is 0.482. The molecule has 0 atom stereocenters. The Kier molecular flexibility index (Phi) is 4.64. The van der Waals surface area contributed by atoms with E-state index in [1.54, 1.807) is 0 Å². The van der Waals surface area contributed by atoms with Gasteiger partial charge in [0, 0.05) is 33.7 Å². The van der Waals surface area contributed by atoms with E-state index < -0.39 is 0 Å². The van der Waals surface area contributed by atoms with Crippen LogP contribution in [-0.2, 0) is 7.05 Å². The standard InChI is InChI=1S/C33H21N4O/c1-20-13-15-25-26-16-14-22(19-35)31(33(26)38-32(25)29(20)28-12-5-6-17-36(28)2)37-27-11-4-3-9-23(27)24-10-7-8-21(18-34)30(24)37/h3-17H,1-2H3/q+1. The molecule has 0 saturated carbocycles. The fourth-order valence-corrected chi connectivity index (χ4v) is 5.74. The highest BCUT2D eigenvalue weighted by molar-refractivity contribution is 6.15. The van der Waals surface area contributed by atoms with Crippen LogP contribution in [0.25, 0.3) is 60.7 Å². The molecule has 5 nitrogen and oxygen atoms in total. The topological polar surface area (TPSA) is 69.5 Å². The molecule has 0 aliphatic carbocycles. The number of hydrogen-bond acceptors (Lipinski definition) is 3. The van der Waals surface area contributed by atoms with E-state index in [-0.39, 0.29) is 0 Å². The van der Waals surface area contributed by atoms with E-state index in [9.17, 15) is 10.5 Å². The van der Waals surface area contributed by atoms with Crippen LogP contribution in [0.5, 0.6) is 0 Å². The second-order valence-corrected chi connectivity index (χ2v) is 9.55. The van der Waals surface area contributed by atoms with Gasteiger partial charge >= 0.3 is 0 Å². The lowest BCUT2D eigenvalue weighted by atomic mass is 10.00. The number of hydrogen-bond donors (Lipinski definition) is 0. The largest absolute Gasteiger partial charge is 0.453 e. The van der Waals surface area contributed by atoms with Crippen molar-refractivity contribution in [2.24, 2.45) is 7.05 Å². The number of aryl methyl sites for hydroxylation is 2. The van der Waals surface area contributed by atoms with Gasteiger partial charge in [-0.05, 0) is 42.8 Å². The number of para-hydroxylation sites is 2. The average molecular weight is 490 g/mol. The second kappa shape index (κ2) is 8.06. The van der Waals surface area contributed by atoms with Crippen molar-refractivity contribution in [3.8, 4) is 29.1 Å². The molecule has 0 aliphatic heterocycles. The van der Waals surface area contributed by atoms with Crippen LogP contribution < -0.4 is 4.57 Å². The first-order valence-electron chi connectivity index (χ1n) is 12.4. The zero-order chi connectivity index (χ0) is 26.0. The molecule has 5 heteroatoms. The molecule has 7 rings (SSSR count). The summed E-state index contributed by atoms with van der Waals surface area (Å²) < 4.78 is 10.9. The molecule has 3 aromatic heterocycles. The summed E-state index contributed by atoms with van der Waals surface area (Å²) in [5, 5.41) is 24.2. The Hall–Kier alpha value is -5.39. The SMILES string of the molecule is Cc1ccc2c(oc3c(-n4c5ccccc5c5cccc(C#N)c54)c(C#N)ccc32)c1-c1cccc[n+]1C. The first-order valence-corrected chi connectivity index (χ1v) is 12.4. The zero-order valence-corrected chi connectivity index (χ0v) is 20.9. The van der Waals surface area contributed by atoms with Gasteiger partial charge in [-0.1, -0.05) is 42.5 Å². The third-order valence-electron chi connectivity index (χ3n) is 7.46. The minimum Gasteiger partial charge on any atom is -0.453 e. The predicted octanol–water partition coefficient (Wildman–Crippen LogP) is 7.23. The average Bonchev–Trinajstić information content (AvgIpc) is 3.49. The molecule has 178 valence electrons. The molecule has 0 bridgehead atoms. The first kappa shape index (κ1) is 21.9. The second-order valence-electron chi connectivity index (χ2n) is 9.55. The third-order valence-corrected chi connectivity index (χ3v) is 7.46. The van der Waals surface area contributed by atoms with Crippen LogP contribution in [0, 0.1) is 29.6 Å². The molecule has 7 aromatic rings. The van der Waals surface area contributed by atoms with Crippen LogP contribution in [0.4, 0.5) is 0 Å². The van der Waals surface area contributed by atoms with Crippen molar-refractivity contribution >= 4 is 43.7 Å². The number of pyridine rings is 1. The third kappa shape index (κ3) is 2.88. The highest BCUT2D eigenvalue weighted by atomic mass is 16.3. The summed E-state index contributed by atoms with van der Waals surface area (Å²) in [4.78, 5) is 0. The van der Waals surface area contributed by atoms with E-state index in [0.717, 1.165) is 55.0 Å². The number of benzene rings is 4. The number of nitrogens with zero attached hydrogens (tertiary/aromatic N) is 4. The molecule has 0 radical (unpaired) electrons. The molecule has 0 aliphatic rings. The highest BCUT2D eigenvalue weighted by Crippen LogP contribution is 2.42. The van der Waals surface area contributed by atoms with Crippen LogP contribution in [-0.4, -0.2) is 4.57 Å². The number of fused-ring (bicyclic) bond motifs is 6. The molecular weight excluding hydrogens is 468 g/mol. The van der Waals surface area contributed by atoms with Crippen molar-refractivity contribution in [3.05, 3.63) is 108 Å². The van der Waals surface area contributed by atoms with Crippen molar-refractivity contribution < 1.29 is 8.98 Å². The van der Waals surface area contributed by atoms with Crippen LogP contribution >= 0.6 is 0 Å². The summed E-state index contributed by atoms with van der Waals surface area (Å²) in [6.45, 7) is 2.09. The molecule has 0 unspecified atom stereocenters. The van der Waals surface area contributed by atoms with Crippen molar-refractivity contribution in [2.75, 3.05) is 0 Å². The monoisotopic (exact) mass is 489 g/mol. The molecular formula is C33H21N4O+. The van der Waals surface area contributed by atoms with E-state index in [2.05, 4.69) is 47.9 Å². The fourth-order valence-electron chi connectivity index (χ4n) is 5.74. The predicted molar refractivity (Wildman–Crippen MR) is 149 cm³/mol. The number of nitriles is 2. The Labute approximate surface area is 218 Å². The van der Waals surface area contributed by atoms with Crippen molar-refractivity contribution in [1.29, 1.82) is 10.5 Å². The van der Waals surface area contributed by atoms with E-state index in [0.29, 0.717) is 22.4 Å². The first-order chi connectivity index (χ1) is 18.6. The molecule has 38 heavy (non-hydrogen) atoms. The van der Waals surface area contributed by atoms with Crippen molar-refractivity contribution in [2.45, 2.75) is 6.92 Å². The quantitative estimate of drug-likeness (QED) is 0.241. The van der Waals surface area contributed by atoms with Gasteiger partial charge in [0.05, 0.1) is 27.7 Å². The Balaban J connectivity index is 1.70. The Bertz CT molecular complexity index is 2180. The van der Waals surface area contributed by atoms with Crippen LogP contribution in [0.1, 0.15) is 16.7 Å². The number of aromatic nitrogens is 2. The molecule has 0 amide bonds. The van der Waals surface area contributed by atoms with Crippen LogP contribution in [0.3, 0.4) is 0 Å². The summed E-state index contributed by atoms with van der Waals surface area (Å²) in [6, 6.07) is 32.7. The van der Waals surface area contributed by atoms with Crippen molar-refractivity contribution in [1.82, 2.24) is 4.57 Å². The maximum atomic E-state index is 10.3. The summed E-state index contributed by atoms with van der Waals surface area (Å²) in [5.74, 6) is 0. The highest BCUT2D eigenvalue weighted by Gasteiger charge is 2.25. The number of rotatable bonds is 2. The molecule has 3 heterocycles. The van der Waals surface area contributed by atoms with Gasteiger partial charge in [0.1, 0.15) is 30.5 Å². The van der Waals surface area contributed by atoms with Gasteiger partial charge in [-0.25, -0.2) is 4.57 Å². The molecule has 4 aromatic carbocycles. The van der Waals surface area contributed by atoms with E-state index in [1.165, 1.54) is 0 Å². The number of furan rings is 1. The maximum Gasteiger partial charge on any atom is 0.216 e. The normalized spacial score (nSPS) is 11.4. The Morgan fingerprint density at radius 2 is 1.45 bits per heavy atom. The Morgan fingerprint density at radius 1 is 0.711 bits per heavy atom. The van der Waals surface area contributed by atoms with Crippen LogP contribution in [0.15, 0.2) is 95.5 Å². The lowest BCUT2D eigenvalue weighted by Gasteiger charge is -2.11. The molecule has 0 fully saturated rings. The molecule has 0 N–H and O–H groups in total. The van der Waals surface area contributed by atoms with Gasteiger partial charge < -0.3 is 8.98 Å². The smallest absolute Gasteiger partial charge is 0.216 e. The molecule has 0 spiro atoms. The fraction of sp³-hybridized carbons (Fsp3) is 0.0606. The van der Waals surface area contributed by atoms with Gasteiger partial charge in [0.15, 0.2) is 11.8 Å². The summed E-state index contributed by atoms with van der Waals surface area (Å²) >= 11 is 0. The maximum absolute atomic E-state index is 10.3. The Morgan fingerprint density at radius 3 is 2.26 bits per heavy atom. The lowest BCUT2D eigenvalue weighted by molar-refractivity contribution is -0.660. The van der Waals surface area contributed by atoms with Crippen molar-refractivity contribution in [3.63, 3.8) is 0 Å². The summed E-state index contributed by atoms with van der Waals surface area (Å²) in [5.41, 5.74) is 7.93. The lowest BCUT2D eigenvalue weighted by Crippen LogP contribution is -2.30. The van der Waals surface area contributed by atoms with E-state index in [1.807, 2.05) is 78.5 Å². The van der Waals surface area contributed by atoms with Gasteiger partial charge in [-0.2, -0.15) is 10.5 Å². The summed E-state index contributed by atoms with van der Waals surface area (Å²) in [7, 11) is 2.02. The van der Waals surface area contributed by atoms with Gasteiger partial charge in [-0.3, -0.25) is 0 Å². The van der Waals surface area contributed by atoms with E-state index in [4.69, 9.17) is 4.42 Å². The zero-order valence-electron chi connectivity index (χ0n) is 20.9. The minimum atomic E-state index is 0.482. The van der Waals surface area contributed by atoms with Gasteiger partial charge in [0.25, 0.3) is 0 Å². The van der Waals surface area contributed by atoms with E-state index >= 15 is 0 Å². The van der Waals surface area contributed by atoms with Gasteiger partial charge in [0.2, 0.25) is 5.69 Å².